The molecule has 6 nitrogen and oxygen atoms in total. The molecule has 0 atom stereocenters. The maximum absolute atomic E-state index is 5.28. The molecule has 2 aromatic carbocycles. The van der Waals surface area contributed by atoms with Gasteiger partial charge < -0.3 is 20.3 Å². The van der Waals surface area contributed by atoms with Crippen LogP contribution >= 0.6 is 0 Å². The molecule has 150 valence electrons. The molecule has 1 aromatic heterocycles. The molecule has 0 spiro atoms. The summed E-state index contributed by atoms with van der Waals surface area (Å²) in [6, 6.07) is 18.5. The first kappa shape index (κ1) is 19.1. The highest BCUT2D eigenvalue weighted by atomic mass is 16.5. The average molecular weight is 390 g/mol. The van der Waals surface area contributed by atoms with Crippen LogP contribution in [0.3, 0.4) is 0 Å². The number of aromatic nitrogens is 2. The van der Waals surface area contributed by atoms with Gasteiger partial charge in [-0.1, -0.05) is 12.1 Å². The molecule has 2 heterocycles. The minimum absolute atomic E-state index is 0.588. The Kier molecular flexibility index (Phi) is 6.10. The van der Waals surface area contributed by atoms with Crippen LogP contribution in [0.1, 0.15) is 18.4 Å². The van der Waals surface area contributed by atoms with Crippen LogP contribution in [0.5, 0.6) is 5.75 Å². The number of nitrogens with zero attached hydrogens (tertiary/aromatic N) is 3. The predicted molar refractivity (Wildman–Crippen MR) is 118 cm³/mol. The van der Waals surface area contributed by atoms with E-state index >= 15 is 0 Å². The zero-order valence-electron chi connectivity index (χ0n) is 16.8. The summed E-state index contributed by atoms with van der Waals surface area (Å²) in [5, 5.41) is 6.65. The Morgan fingerprint density at radius 3 is 2.66 bits per heavy atom. The van der Waals surface area contributed by atoms with Crippen LogP contribution in [0.15, 0.2) is 60.8 Å². The largest absolute Gasteiger partial charge is 0.497 e. The van der Waals surface area contributed by atoms with Gasteiger partial charge >= 0.3 is 0 Å². The molecule has 2 N–H and O–H groups in total. The summed E-state index contributed by atoms with van der Waals surface area (Å²) >= 11 is 0. The molecular formula is C23H27N5O. The van der Waals surface area contributed by atoms with Gasteiger partial charge in [0, 0.05) is 37.2 Å². The molecule has 0 aliphatic carbocycles. The van der Waals surface area contributed by atoms with Gasteiger partial charge in [0.2, 0.25) is 5.95 Å². The van der Waals surface area contributed by atoms with Crippen LogP contribution in [0.25, 0.3) is 0 Å². The van der Waals surface area contributed by atoms with E-state index in [0.717, 1.165) is 43.3 Å². The summed E-state index contributed by atoms with van der Waals surface area (Å²) in [5.41, 5.74) is 3.49. The second kappa shape index (κ2) is 9.28. The fourth-order valence-electron chi connectivity index (χ4n) is 3.54. The molecule has 3 aromatic rings. The van der Waals surface area contributed by atoms with E-state index in [1.807, 2.05) is 18.2 Å². The summed E-state index contributed by atoms with van der Waals surface area (Å²) in [6.45, 7) is 3.09. The van der Waals surface area contributed by atoms with Crippen molar-refractivity contribution in [1.29, 1.82) is 0 Å². The van der Waals surface area contributed by atoms with E-state index in [1.54, 1.807) is 13.3 Å². The van der Waals surface area contributed by atoms with Crippen molar-refractivity contribution in [2.45, 2.75) is 19.3 Å². The summed E-state index contributed by atoms with van der Waals surface area (Å²) in [7, 11) is 1.69. The first-order valence-electron chi connectivity index (χ1n) is 10.1. The van der Waals surface area contributed by atoms with Crippen LogP contribution in [0.4, 0.5) is 23.1 Å². The standard InChI is InChI=1S/C23H27N5O/c1-29-21-6-4-5-18(17-21)11-13-24-22-12-14-25-23(27-22)26-19-7-9-20(10-8-19)28-15-2-3-16-28/h4-10,12,14,17H,2-3,11,13,15-16H2,1H3,(H2,24,25,26,27). The van der Waals surface area contributed by atoms with Crippen molar-refractivity contribution in [2.24, 2.45) is 0 Å². The number of anilines is 4. The third-order valence-corrected chi connectivity index (χ3v) is 5.10. The smallest absolute Gasteiger partial charge is 0.229 e. The van der Waals surface area contributed by atoms with Gasteiger partial charge in [0.15, 0.2) is 0 Å². The van der Waals surface area contributed by atoms with E-state index in [-0.39, 0.29) is 0 Å². The Hall–Kier alpha value is -3.28. The van der Waals surface area contributed by atoms with Gasteiger partial charge in [-0.25, -0.2) is 4.98 Å². The fraction of sp³-hybridized carbons (Fsp3) is 0.304. The minimum Gasteiger partial charge on any atom is -0.497 e. The first-order chi connectivity index (χ1) is 14.3. The van der Waals surface area contributed by atoms with Crippen LogP contribution in [0.2, 0.25) is 0 Å². The summed E-state index contributed by atoms with van der Waals surface area (Å²) < 4.78 is 5.28. The van der Waals surface area contributed by atoms with E-state index in [4.69, 9.17) is 4.74 Å². The lowest BCUT2D eigenvalue weighted by molar-refractivity contribution is 0.414. The molecule has 0 bridgehead atoms. The molecule has 0 saturated carbocycles. The van der Waals surface area contributed by atoms with Crippen molar-refractivity contribution < 1.29 is 4.74 Å². The number of hydrogen-bond donors (Lipinski definition) is 2. The Bertz CT molecular complexity index is 923. The molecule has 1 aliphatic heterocycles. The fourth-order valence-corrected chi connectivity index (χ4v) is 3.54. The molecule has 6 heteroatoms. The highest BCUT2D eigenvalue weighted by Crippen LogP contribution is 2.23. The maximum Gasteiger partial charge on any atom is 0.229 e. The second-order valence-electron chi connectivity index (χ2n) is 7.16. The number of ether oxygens (including phenoxy) is 1. The van der Waals surface area contributed by atoms with Gasteiger partial charge in [-0.15, -0.1) is 0 Å². The van der Waals surface area contributed by atoms with Crippen LogP contribution in [-0.2, 0) is 6.42 Å². The molecule has 29 heavy (non-hydrogen) atoms. The third kappa shape index (κ3) is 5.16. The van der Waals surface area contributed by atoms with Gasteiger partial charge in [-0.2, -0.15) is 4.98 Å². The van der Waals surface area contributed by atoms with Crippen LogP contribution in [-0.4, -0.2) is 36.7 Å². The van der Waals surface area contributed by atoms with Crippen molar-refractivity contribution in [3.63, 3.8) is 0 Å². The van der Waals surface area contributed by atoms with Gasteiger partial charge in [-0.05, 0) is 67.3 Å². The van der Waals surface area contributed by atoms with E-state index in [0.29, 0.717) is 5.95 Å². The lowest BCUT2D eigenvalue weighted by atomic mass is 10.1. The Labute approximate surface area is 172 Å². The Morgan fingerprint density at radius 1 is 1.03 bits per heavy atom. The Balaban J connectivity index is 1.32. The molecule has 4 rings (SSSR count). The first-order valence-corrected chi connectivity index (χ1v) is 10.1. The van der Waals surface area contributed by atoms with Crippen molar-refractivity contribution in [3.05, 3.63) is 66.4 Å². The van der Waals surface area contributed by atoms with Crippen LogP contribution in [0, 0.1) is 0 Å². The zero-order valence-corrected chi connectivity index (χ0v) is 16.8. The molecule has 0 unspecified atom stereocenters. The lowest BCUT2D eigenvalue weighted by Gasteiger charge is -2.17. The van der Waals surface area contributed by atoms with E-state index in [1.165, 1.54) is 24.1 Å². The van der Waals surface area contributed by atoms with Gasteiger partial charge in [0.1, 0.15) is 11.6 Å². The molecule has 1 fully saturated rings. The average Bonchev–Trinajstić information content (AvgIpc) is 3.30. The number of benzene rings is 2. The maximum atomic E-state index is 5.28. The van der Waals surface area contributed by atoms with E-state index in [2.05, 4.69) is 61.9 Å². The normalized spacial score (nSPS) is 13.3. The summed E-state index contributed by atoms with van der Waals surface area (Å²) in [6.07, 6.45) is 5.22. The number of hydrogen-bond acceptors (Lipinski definition) is 6. The van der Waals surface area contributed by atoms with Crippen molar-refractivity contribution in [2.75, 3.05) is 42.3 Å². The highest BCUT2D eigenvalue weighted by molar-refractivity contribution is 5.60. The monoisotopic (exact) mass is 389 g/mol. The highest BCUT2D eigenvalue weighted by Gasteiger charge is 2.11. The van der Waals surface area contributed by atoms with Crippen molar-refractivity contribution in [1.82, 2.24) is 9.97 Å². The van der Waals surface area contributed by atoms with Crippen LogP contribution < -0.4 is 20.3 Å². The van der Waals surface area contributed by atoms with Crippen molar-refractivity contribution in [3.8, 4) is 5.75 Å². The van der Waals surface area contributed by atoms with Gasteiger partial charge in [-0.3, -0.25) is 0 Å². The third-order valence-electron chi connectivity index (χ3n) is 5.10. The predicted octanol–water partition coefficient (Wildman–Crippen LogP) is 4.48. The minimum atomic E-state index is 0.588. The topological polar surface area (TPSA) is 62.3 Å². The molecule has 0 amide bonds. The molecule has 1 saturated heterocycles. The summed E-state index contributed by atoms with van der Waals surface area (Å²) in [5.74, 6) is 2.27. The lowest BCUT2D eigenvalue weighted by Crippen LogP contribution is -2.17. The Morgan fingerprint density at radius 2 is 1.86 bits per heavy atom. The zero-order chi connectivity index (χ0) is 19.9. The van der Waals surface area contributed by atoms with E-state index < -0.39 is 0 Å². The SMILES string of the molecule is COc1cccc(CCNc2ccnc(Nc3ccc(N4CCCC4)cc3)n2)c1. The van der Waals surface area contributed by atoms with Crippen molar-refractivity contribution >= 4 is 23.1 Å². The number of methoxy groups -OCH3 is 1. The number of nitrogens with one attached hydrogen (secondary N) is 2. The van der Waals surface area contributed by atoms with E-state index in [9.17, 15) is 0 Å². The van der Waals surface area contributed by atoms with Gasteiger partial charge in [0.05, 0.1) is 7.11 Å². The van der Waals surface area contributed by atoms with Gasteiger partial charge in [0.25, 0.3) is 0 Å². The molecule has 1 aliphatic rings. The summed E-state index contributed by atoms with van der Waals surface area (Å²) in [4.78, 5) is 11.3. The quantitative estimate of drug-likeness (QED) is 0.592. The number of rotatable bonds is 8. The molecular weight excluding hydrogens is 362 g/mol. The second-order valence-corrected chi connectivity index (χ2v) is 7.16. The molecule has 0 radical (unpaired) electrons.